The molecule has 0 saturated carbocycles. The Bertz CT molecular complexity index is 1190. The monoisotopic (exact) mass is 360 g/mol. The summed E-state index contributed by atoms with van der Waals surface area (Å²) in [6, 6.07) is 13.6. The van der Waals surface area contributed by atoms with Gasteiger partial charge in [-0.2, -0.15) is 4.98 Å². The minimum absolute atomic E-state index is 0.0431. The fourth-order valence-corrected chi connectivity index (χ4v) is 3.22. The van der Waals surface area contributed by atoms with E-state index in [0.29, 0.717) is 24.0 Å². The normalized spacial score (nSPS) is 11.2. The maximum Gasteiger partial charge on any atom is 0.272 e. The first-order chi connectivity index (χ1) is 13.1. The average molecular weight is 360 g/mol. The van der Waals surface area contributed by atoms with Crippen LogP contribution in [0.15, 0.2) is 51.8 Å². The fourth-order valence-electron chi connectivity index (χ4n) is 3.22. The predicted octanol–water partition coefficient (Wildman–Crippen LogP) is 4.14. The molecule has 136 valence electrons. The van der Waals surface area contributed by atoms with Gasteiger partial charge in [-0.25, -0.2) is 4.98 Å². The summed E-state index contributed by atoms with van der Waals surface area (Å²) in [5.74, 6) is 0.992. The van der Waals surface area contributed by atoms with Crippen molar-refractivity contribution in [1.82, 2.24) is 19.7 Å². The van der Waals surface area contributed by atoms with E-state index in [9.17, 15) is 4.79 Å². The molecule has 27 heavy (non-hydrogen) atoms. The van der Waals surface area contributed by atoms with Crippen molar-refractivity contribution in [2.45, 2.75) is 33.7 Å². The molecule has 0 aliphatic heterocycles. The molecular weight excluding hydrogens is 340 g/mol. The van der Waals surface area contributed by atoms with E-state index in [1.807, 2.05) is 49.4 Å². The lowest BCUT2D eigenvalue weighted by atomic mass is 10.1. The summed E-state index contributed by atoms with van der Waals surface area (Å²) >= 11 is 0. The topological polar surface area (TPSA) is 73.8 Å². The van der Waals surface area contributed by atoms with E-state index >= 15 is 0 Å². The van der Waals surface area contributed by atoms with Crippen molar-refractivity contribution in [2.75, 3.05) is 0 Å². The number of fused-ring (bicyclic) bond motifs is 1. The molecule has 4 aromatic rings. The Morgan fingerprint density at radius 3 is 2.67 bits per heavy atom. The van der Waals surface area contributed by atoms with E-state index in [0.717, 1.165) is 34.1 Å². The van der Waals surface area contributed by atoms with Gasteiger partial charge in [0, 0.05) is 17.7 Å². The highest BCUT2D eigenvalue weighted by Gasteiger charge is 2.14. The highest BCUT2D eigenvalue weighted by atomic mass is 16.5. The van der Waals surface area contributed by atoms with E-state index in [1.165, 1.54) is 0 Å². The van der Waals surface area contributed by atoms with Crippen molar-refractivity contribution in [2.24, 2.45) is 0 Å². The summed E-state index contributed by atoms with van der Waals surface area (Å²) < 4.78 is 7.24. The maximum atomic E-state index is 12.4. The molecule has 0 aliphatic rings. The van der Waals surface area contributed by atoms with Gasteiger partial charge in [-0.3, -0.25) is 4.79 Å². The lowest BCUT2D eigenvalue weighted by Gasteiger charge is -2.10. The third-order valence-electron chi connectivity index (χ3n) is 4.62. The SMILES string of the molecule is CCCn1c(=O)c(C)nc2cc(-c3noc(-c4ccccc4C)n3)ccc21. The minimum atomic E-state index is -0.0431. The second kappa shape index (κ2) is 6.79. The molecule has 0 atom stereocenters. The molecule has 2 heterocycles. The third kappa shape index (κ3) is 3.03. The Morgan fingerprint density at radius 1 is 1.07 bits per heavy atom. The van der Waals surface area contributed by atoms with Crippen molar-refractivity contribution in [3.8, 4) is 22.8 Å². The lowest BCUT2D eigenvalue weighted by molar-refractivity contribution is 0.432. The average Bonchev–Trinajstić information content (AvgIpc) is 3.15. The van der Waals surface area contributed by atoms with Crippen molar-refractivity contribution < 1.29 is 4.52 Å². The summed E-state index contributed by atoms with van der Waals surface area (Å²) in [5.41, 5.74) is 4.81. The second-order valence-electron chi connectivity index (χ2n) is 6.60. The number of benzene rings is 2. The standard InChI is InChI=1S/C21H20N4O2/c1-4-11-25-18-10-9-15(12-17(18)22-14(3)21(25)26)19-23-20(27-24-19)16-8-6-5-7-13(16)2/h5-10,12H,4,11H2,1-3H3. The van der Waals surface area contributed by atoms with Crippen LogP contribution in [0.1, 0.15) is 24.6 Å². The van der Waals surface area contributed by atoms with Crippen LogP contribution in [-0.4, -0.2) is 19.7 Å². The summed E-state index contributed by atoms with van der Waals surface area (Å²) in [4.78, 5) is 21.4. The highest BCUT2D eigenvalue weighted by Crippen LogP contribution is 2.26. The molecule has 0 fully saturated rings. The Hall–Kier alpha value is -3.28. The molecule has 2 aromatic carbocycles. The lowest BCUT2D eigenvalue weighted by Crippen LogP contribution is -2.24. The zero-order chi connectivity index (χ0) is 19.0. The van der Waals surface area contributed by atoms with E-state index in [-0.39, 0.29) is 5.56 Å². The molecule has 2 aromatic heterocycles. The van der Waals surface area contributed by atoms with Gasteiger partial charge in [0.25, 0.3) is 11.4 Å². The highest BCUT2D eigenvalue weighted by molar-refractivity contribution is 5.80. The molecule has 0 unspecified atom stereocenters. The van der Waals surface area contributed by atoms with Crippen LogP contribution in [0.3, 0.4) is 0 Å². The zero-order valence-electron chi connectivity index (χ0n) is 15.6. The number of rotatable bonds is 4. The maximum absolute atomic E-state index is 12.4. The molecule has 0 amide bonds. The van der Waals surface area contributed by atoms with Gasteiger partial charge in [0.1, 0.15) is 5.69 Å². The third-order valence-corrected chi connectivity index (χ3v) is 4.62. The molecule has 0 saturated heterocycles. The van der Waals surface area contributed by atoms with Crippen LogP contribution < -0.4 is 5.56 Å². The van der Waals surface area contributed by atoms with Crippen LogP contribution >= 0.6 is 0 Å². The van der Waals surface area contributed by atoms with Crippen LogP contribution in [0.2, 0.25) is 0 Å². The summed E-state index contributed by atoms with van der Waals surface area (Å²) in [5, 5.41) is 4.13. The van der Waals surface area contributed by atoms with Crippen LogP contribution in [-0.2, 0) is 6.54 Å². The van der Waals surface area contributed by atoms with Crippen molar-refractivity contribution >= 4 is 11.0 Å². The molecular formula is C21H20N4O2. The summed E-state index contributed by atoms with van der Waals surface area (Å²) in [7, 11) is 0. The van der Waals surface area contributed by atoms with Gasteiger partial charge in [0.05, 0.1) is 11.0 Å². The Balaban J connectivity index is 1.81. The smallest absolute Gasteiger partial charge is 0.272 e. The molecule has 0 N–H and O–H groups in total. The number of aromatic nitrogens is 4. The van der Waals surface area contributed by atoms with Crippen LogP contribution in [0, 0.1) is 13.8 Å². The molecule has 4 rings (SSSR count). The first kappa shape index (κ1) is 17.1. The predicted molar refractivity (Wildman–Crippen MR) is 104 cm³/mol. The quantitative estimate of drug-likeness (QED) is 0.547. The fraction of sp³-hybridized carbons (Fsp3) is 0.238. The Morgan fingerprint density at radius 2 is 1.89 bits per heavy atom. The van der Waals surface area contributed by atoms with Crippen molar-refractivity contribution in [3.63, 3.8) is 0 Å². The number of hydrogen-bond donors (Lipinski definition) is 0. The molecule has 0 radical (unpaired) electrons. The van der Waals surface area contributed by atoms with Crippen LogP contribution in [0.5, 0.6) is 0 Å². The van der Waals surface area contributed by atoms with Gasteiger partial charge in [-0.05, 0) is 50.1 Å². The second-order valence-corrected chi connectivity index (χ2v) is 6.60. The van der Waals surface area contributed by atoms with Gasteiger partial charge >= 0.3 is 0 Å². The number of nitrogens with zero attached hydrogens (tertiary/aromatic N) is 4. The molecule has 0 aliphatic carbocycles. The Labute approximate surface area is 156 Å². The minimum Gasteiger partial charge on any atom is -0.334 e. The van der Waals surface area contributed by atoms with E-state index in [4.69, 9.17) is 4.52 Å². The van der Waals surface area contributed by atoms with Gasteiger partial charge < -0.3 is 9.09 Å². The van der Waals surface area contributed by atoms with Gasteiger partial charge in [0.15, 0.2) is 0 Å². The first-order valence-electron chi connectivity index (χ1n) is 8.99. The van der Waals surface area contributed by atoms with Gasteiger partial charge in [-0.1, -0.05) is 30.3 Å². The van der Waals surface area contributed by atoms with Crippen LogP contribution in [0.25, 0.3) is 33.9 Å². The van der Waals surface area contributed by atoms with E-state index < -0.39 is 0 Å². The molecule has 6 heteroatoms. The number of aryl methyl sites for hydroxylation is 3. The molecule has 0 spiro atoms. The Kier molecular flexibility index (Phi) is 4.32. The van der Waals surface area contributed by atoms with Gasteiger partial charge in [0.2, 0.25) is 5.82 Å². The molecule has 6 nitrogen and oxygen atoms in total. The molecule has 0 bridgehead atoms. The number of hydrogen-bond acceptors (Lipinski definition) is 5. The zero-order valence-corrected chi connectivity index (χ0v) is 15.6. The van der Waals surface area contributed by atoms with E-state index in [2.05, 4.69) is 22.0 Å². The van der Waals surface area contributed by atoms with Crippen molar-refractivity contribution in [1.29, 1.82) is 0 Å². The summed E-state index contributed by atoms with van der Waals surface area (Å²) in [6.45, 7) is 6.46. The largest absolute Gasteiger partial charge is 0.334 e. The van der Waals surface area contributed by atoms with Crippen molar-refractivity contribution in [3.05, 3.63) is 64.1 Å². The van der Waals surface area contributed by atoms with Crippen LogP contribution in [0.4, 0.5) is 0 Å². The summed E-state index contributed by atoms with van der Waals surface area (Å²) in [6.07, 6.45) is 0.880. The van der Waals surface area contributed by atoms with Gasteiger partial charge in [-0.15, -0.1) is 0 Å². The first-order valence-corrected chi connectivity index (χ1v) is 8.99. The van der Waals surface area contributed by atoms with E-state index in [1.54, 1.807) is 11.5 Å².